The number of likely N-dealkylation sites (N-methyl/N-ethyl adjacent to an activating group) is 2. The summed E-state index contributed by atoms with van der Waals surface area (Å²) in [4.78, 5) is 15.1. The number of hydrogen-bond donors (Lipinski definition) is 1. The number of benzene rings is 1. The zero-order valence-electron chi connectivity index (χ0n) is 16.7. The molecule has 0 unspecified atom stereocenters. The van der Waals surface area contributed by atoms with Crippen molar-refractivity contribution >= 4 is 34.9 Å². The number of amides is 1. The number of thiocarbonyl (C=S) groups is 1. The first-order valence-electron chi connectivity index (χ1n) is 9.26. The van der Waals surface area contributed by atoms with E-state index < -0.39 is 23.8 Å². The first kappa shape index (κ1) is 21.5. The Bertz CT molecular complexity index is 749. The lowest BCUT2D eigenvalue weighted by Gasteiger charge is -2.24. The Morgan fingerprint density at radius 2 is 1.79 bits per heavy atom. The molecule has 1 amide bonds. The number of carbonyl (C=O) groups excluding carboxylic acids is 1. The number of halogens is 2. The smallest absolute Gasteiger partial charge is 0.414 e. The molecule has 11 heteroatoms. The van der Waals surface area contributed by atoms with Crippen LogP contribution < -0.4 is 15.1 Å². The third-order valence-corrected chi connectivity index (χ3v) is 5.44. The summed E-state index contributed by atoms with van der Waals surface area (Å²) in [5, 5.41) is 6.99. The molecule has 1 atom stereocenters. The Hall–Kier alpha value is -2.24. The summed E-state index contributed by atoms with van der Waals surface area (Å²) in [6, 6.07) is 2.35. The Balaban J connectivity index is 1.74. The standard InChI is InChI=1S/C18H25F2N5O3S/c1-22-4-6-24(7-5-23(22)2)16-14(19)8-12(9-15(16)20)25-11-13(28-18(25)26)10-21-17(29)27-3/h8-9,13H,4-7,10-11H2,1-3H3,(H,21,29)/t13-/m0/s1. The van der Waals surface area contributed by atoms with E-state index in [2.05, 4.69) is 5.32 Å². The number of rotatable bonds is 4. The molecule has 2 aliphatic heterocycles. The van der Waals surface area contributed by atoms with Gasteiger partial charge in [0, 0.05) is 52.4 Å². The predicted molar refractivity (Wildman–Crippen MR) is 109 cm³/mol. The molecule has 0 bridgehead atoms. The van der Waals surface area contributed by atoms with Gasteiger partial charge in [-0.3, -0.25) is 4.90 Å². The van der Waals surface area contributed by atoms with Gasteiger partial charge in [0.25, 0.3) is 5.17 Å². The lowest BCUT2D eigenvalue weighted by atomic mass is 10.2. The average Bonchev–Trinajstić information content (AvgIpc) is 2.98. The van der Waals surface area contributed by atoms with Crippen LogP contribution in [0.5, 0.6) is 0 Å². The van der Waals surface area contributed by atoms with Gasteiger partial charge >= 0.3 is 6.09 Å². The van der Waals surface area contributed by atoms with E-state index in [1.165, 1.54) is 24.1 Å². The highest BCUT2D eigenvalue weighted by Crippen LogP contribution is 2.31. The Morgan fingerprint density at radius 3 is 2.34 bits per heavy atom. The Labute approximate surface area is 173 Å². The highest BCUT2D eigenvalue weighted by atomic mass is 32.1. The van der Waals surface area contributed by atoms with Gasteiger partial charge in [-0.25, -0.2) is 23.6 Å². The molecule has 0 radical (unpaired) electrons. The van der Waals surface area contributed by atoms with E-state index in [1.807, 2.05) is 24.1 Å². The first-order valence-corrected chi connectivity index (χ1v) is 9.67. The Morgan fingerprint density at radius 1 is 1.21 bits per heavy atom. The number of hydrogen-bond acceptors (Lipinski definition) is 7. The fraction of sp³-hybridized carbons (Fsp3) is 0.556. The van der Waals surface area contributed by atoms with Crippen molar-refractivity contribution in [3.05, 3.63) is 23.8 Å². The van der Waals surface area contributed by atoms with Crippen LogP contribution in [-0.4, -0.2) is 87.9 Å². The molecule has 0 saturated carbocycles. The van der Waals surface area contributed by atoms with E-state index in [4.69, 9.17) is 21.7 Å². The van der Waals surface area contributed by atoms with Gasteiger partial charge in [0.2, 0.25) is 0 Å². The van der Waals surface area contributed by atoms with E-state index in [1.54, 1.807) is 4.90 Å². The van der Waals surface area contributed by atoms with Gasteiger partial charge in [-0.1, -0.05) is 0 Å². The molecule has 29 heavy (non-hydrogen) atoms. The summed E-state index contributed by atoms with van der Waals surface area (Å²) in [5.74, 6) is -1.41. The van der Waals surface area contributed by atoms with Crippen LogP contribution in [0, 0.1) is 11.6 Å². The van der Waals surface area contributed by atoms with Gasteiger partial charge in [-0.2, -0.15) is 0 Å². The molecule has 1 aromatic rings. The van der Waals surface area contributed by atoms with Crippen LogP contribution in [0.3, 0.4) is 0 Å². The third-order valence-electron chi connectivity index (χ3n) is 5.13. The molecule has 0 aromatic heterocycles. The van der Waals surface area contributed by atoms with Gasteiger partial charge in [0.1, 0.15) is 11.8 Å². The minimum atomic E-state index is -0.706. The second-order valence-electron chi connectivity index (χ2n) is 7.00. The summed E-state index contributed by atoms with van der Waals surface area (Å²) in [7, 11) is 5.29. The number of ether oxygens (including phenoxy) is 2. The molecular weight excluding hydrogens is 404 g/mol. The molecule has 2 fully saturated rings. The van der Waals surface area contributed by atoms with Crippen molar-refractivity contribution in [2.24, 2.45) is 0 Å². The van der Waals surface area contributed by atoms with Crippen LogP contribution in [0.4, 0.5) is 25.0 Å². The lowest BCUT2D eigenvalue weighted by Crippen LogP contribution is -2.37. The van der Waals surface area contributed by atoms with Crippen molar-refractivity contribution in [1.29, 1.82) is 0 Å². The monoisotopic (exact) mass is 429 g/mol. The van der Waals surface area contributed by atoms with Crippen molar-refractivity contribution in [3.63, 3.8) is 0 Å². The fourth-order valence-corrected chi connectivity index (χ4v) is 3.41. The normalized spacial score (nSPS) is 21.1. The molecule has 2 aliphatic rings. The van der Waals surface area contributed by atoms with E-state index in [-0.39, 0.29) is 29.6 Å². The van der Waals surface area contributed by atoms with Crippen molar-refractivity contribution in [3.8, 4) is 0 Å². The van der Waals surface area contributed by atoms with E-state index in [9.17, 15) is 13.6 Å². The van der Waals surface area contributed by atoms with Crippen molar-refractivity contribution in [1.82, 2.24) is 15.3 Å². The summed E-state index contributed by atoms with van der Waals surface area (Å²) in [5.41, 5.74) is 0.0447. The summed E-state index contributed by atoms with van der Waals surface area (Å²) >= 11 is 4.88. The number of nitrogens with one attached hydrogen (secondary N) is 1. The molecule has 3 rings (SSSR count). The van der Waals surface area contributed by atoms with E-state index in [0.717, 1.165) is 0 Å². The minimum absolute atomic E-state index is 0.0753. The lowest BCUT2D eigenvalue weighted by molar-refractivity contribution is 0.0439. The van der Waals surface area contributed by atoms with Crippen LogP contribution in [0.25, 0.3) is 0 Å². The predicted octanol–water partition coefficient (Wildman–Crippen LogP) is 1.41. The molecule has 0 aliphatic carbocycles. The van der Waals surface area contributed by atoms with Gasteiger partial charge < -0.3 is 19.7 Å². The maximum atomic E-state index is 14.9. The maximum absolute atomic E-state index is 14.9. The number of carbonyl (C=O) groups is 1. The van der Waals surface area contributed by atoms with Gasteiger partial charge in [0.05, 0.1) is 25.9 Å². The van der Waals surface area contributed by atoms with Crippen molar-refractivity contribution < 1.29 is 23.0 Å². The van der Waals surface area contributed by atoms with Gasteiger partial charge in [0.15, 0.2) is 11.6 Å². The molecule has 1 N–H and O–H groups in total. The molecule has 8 nitrogen and oxygen atoms in total. The molecule has 2 heterocycles. The topological polar surface area (TPSA) is 60.5 Å². The van der Waals surface area contributed by atoms with Crippen LogP contribution in [0.2, 0.25) is 0 Å². The number of hydrazine groups is 1. The number of anilines is 2. The van der Waals surface area contributed by atoms with E-state index in [0.29, 0.717) is 26.2 Å². The van der Waals surface area contributed by atoms with E-state index >= 15 is 0 Å². The largest absolute Gasteiger partial charge is 0.474 e. The summed E-state index contributed by atoms with van der Waals surface area (Å²) < 4.78 is 39.8. The molecular formula is C18H25F2N5O3S. The second kappa shape index (κ2) is 9.06. The quantitative estimate of drug-likeness (QED) is 0.721. The third kappa shape index (κ3) is 4.85. The first-order chi connectivity index (χ1) is 13.8. The highest BCUT2D eigenvalue weighted by molar-refractivity contribution is 7.80. The average molecular weight is 429 g/mol. The minimum Gasteiger partial charge on any atom is -0.474 e. The summed E-state index contributed by atoms with van der Waals surface area (Å²) in [6.07, 6.45) is -1.18. The molecule has 0 spiro atoms. The van der Waals surface area contributed by atoms with Gasteiger partial charge in [-0.15, -0.1) is 0 Å². The number of cyclic esters (lactones) is 1. The fourth-order valence-electron chi connectivity index (χ4n) is 3.33. The highest BCUT2D eigenvalue weighted by Gasteiger charge is 2.34. The molecule has 2 saturated heterocycles. The van der Waals surface area contributed by atoms with Crippen LogP contribution >= 0.6 is 12.2 Å². The Kier molecular flexibility index (Phi) is 6.70. The SMILES string of the molecule is COC(=S)NC[C@H]1CN(c2cc(F)c(N3CCN(C)N(C)CC3)c(F)c2)C(=O)O1. The van der Waals surface area contributed by atoms with Crippen LogP contribution in [0.1, 0.15) is 0 Å². The zero-order valence-corrected chi connectivity index (χ0v) is 17.5. The number of nitrogens with zero attached hydrogens (tertiary/aromatic N) is 4. The van der Waals surface area contributed by atoms with Crippen LogP contribution in [-0.2, 0) is 9.47 Å². The van der Waals surface area contributed by atoms with Gasteiger partial charge in [-0.05, 0) is 12.2 Å². The second-order valence-corrected chi connectivity index (χ2v) is 7.37. The van der Waals surface area contributed by atoms with Crippen molar-refractivity contribution in [2.75, 3.05) is 70.3 Å². The summed E-state index contributed by atoms with van der Waals surface area (Å²) in [6.45, 7) is 2.67. The molecule has 160 valence electrons. The maximum Gasteiger partial charge on any atom is 0.414 e. The number of methoxy groups -OCH3 is 1. The molecule has 1 aromatic carbocycles. The van der Waals surface area contributed by atoms with Crippen LogP contribution in [0.15, 0.2) is 12.1 Å². The zero-order chi connectivity index (χ0) is 21.1. The van der Waals surface area contributed by atoms with Crippen molar-refractivity contribution in [2.45, 2.75) is 6.10 Å².